The zero-order chi connectivity index (χ0) is 34.9. The maximum absolute atomic E-state index is 5.20. The molecule has 0 saturated carbocycles. The van der Waals surface area contributed by atoms with Crippen LogP contribution in [0.3, 0.4) is 0 Å². The average molecular weight is 739 g/mol. The Morgan fingerprint density at radius 1 is 0.302 bits per heavy atom. The van der Waals surface area contributed by atoms with E-state index in [1.807, 2.05) is 18.2 Å². The van der Waals surface area contributed by atoms with Gasteiger partial charge in [0.05, 0.1) is 0 Å². The Bertz CT molecular complexity index is 3240. The Labute approximate surface area is 311 Å². The third-order valence-electron chi connectivity index (χ3n) is 10.5. The van der Waals surface area contributed by atoms with Crippen molar-refractivity contribution >= 4 is 76.9 Å². The van der Waals surface area contributed by atoms with Gasteiger partial charge in [-0.2, -0.15) is 0 Å². The molecule has 53 heavy (non-hydrogen) atoms. The molecule has 9 aromatic carbocycles. The van der Waals surface area contributed by atoms with Gasteiger partial charge < -0.3 is 0 Å². The summed E-state index contributed by atoms with van der Waals surface area (Å²) in [5.74, 6) is 2.06. The van der Waals surface area contributed by atoms with Crippen molar-refractivity contribution in [2.24, 2.45) is 0 Å². The van der Waals surface area contributed by atoms with E-state index in [9.17, 15) is 0 Å². The molecule has 11 rings (SSSR count). The van der Waals surface area contributed by atoms with Crippen LogP contribution in [0, 0.1) is 0 Å². The number of hydrogen-bond donors (Lipinski definition) is 0. The molecular weight excluding hydrogens is 710 g/mol. The third kappa shape index (κ3) is 4.99. The van der Waals surface area contributed by atoms with Gasteiger partial charge in [-0.25, -0.2) is 0 Å². The fraction of sp³-hybridized carbons (Fsp3) is 0. The predicted octanol–water partition coefficient (Wildman–Crippen LogP) is 12.5. The van der Waals surface area contributed by atoms with Crippen LogP contribution in [0.4, 0.5) is 0 Å². The molecule has 0 radical (unpaired) electrons. The van der Waals surface area contributed by atoms with Crippen molar-refractivity contribution in [3.8, 4) is 45.3 Å². The summed E-state index contributed by atoms with van der Waals surface area (Å²) in [6, 6.07) is 63.2. The Hall–Kier alpha value is -6.45. The molecule has 0 atom stereocenters. The molecule has 246 valence electrons. The van der Waals surface area contributed by atoms with E-state index in [-0.39, 0.29) is 14.5 Å². The van der Waals surface area contributed by atoms with E-state index in [4.69, 9.17) is 15.0 Å². The molecule has 2 aromatic heterocycles. The Morgan fingerprint density at radius 2 is 0.906 bits per heavy atom. The molecule has 0 aliphatic heterocycles. The molecule has 0 bridgehead atoms. The first kappa shape index (κ1) is 30.2. The predicted molar refractivity (Wildman–Crippen MR) is 224 cm³/mol. The van der Waals surface area contributed by atoms with Gasteiger partial charge in [0, 0.05) is 0 Å². The number of nitrogens with zero attached hydrogens (tertiary/aromatic N) is 3. The molecule has 0 fully saturated rings. The average Bonchev–Trinajstić information content (AvgIpc) is 3.62. The number of fused-ring (bicyclic) bond motifs is 9. The van der Waals surface area contributed by atoms with E-state index in [0.717, 1.165) is 22.1 Å². The van der Waals surface area contributed by atoms with Crippen molar-refractivity contribution in [2.45, 2.75) is 0 Å². The van der Waals surface area contributed by atoms with Gasteiger partial charge in [-0.15, -0.1) is 0 Å². The third-order valence-corrected chi connectivity index (χ3v) is 13.1. The van der Waals surface area contributed by atoms with Crippen LogP contribution in [0.1, 0.15) is 0 Å². The molecule has 0 amide bonds. The van der Waals surface area contributed by atoms with Crippen LogP contribution in [0.25, 0.3) is 108 Å². The second-order valence-corrected chi connectivity index (χ2v) is 15.8. The van der Waals surface area contributed by atoms with Crippen LogP contribution in [-0.2, 0) is 0 Å². The van der Waals surface area contributed by atoms with Crippen molar-refractivity contribution in [3.05, 3.63) is 176 Å². The molecule has 3 nitrogen and oxygen atoms in total. The van der Waals surface area contributed by atoms with Crippen LogP contribution in [0.5, 0.6) is 0 Å². The fourth-order valence-corrected chi connectivity index (χ4v) is 10.5. The van der Waals surface area contributed by atoms with Crippen LogP contribution < -0.4 is 0 Å². The van der Waals surface area contributed by atoms with Crippen molar-refractivity contribution in [2.75, 3.05) is 0 Å². The SMILES string of the molecule is c1ccc(-c2nc(-c3ccc4c(-c5ccc6ccc7c8ccccc8ccc7c6c5)cccc4c3)nc(-c3cccc4c3[se]c3ccccc34)n2)cc1. The molecule has 0 aliphatic carbocycles. The van der Waals surface area contributed by atoms with Crippen molar-refractivity contribution in [1.29, 1.82) is 0 Å². The molecular formula is C49H29N3Se. The van der Waals surface area contributed by atoms with Gasteiger partial charge in [0.15, 0.2) is 0 Å². The molecule has 11 aromatic rings. The summed E-state index contributed by atoms with van der Waals surface area (Å²) in [6.07, 6.45) is 0. The van der Waals surface area contributed by atoms with E-state index in [2.05, 4.69) is 158 Å². The number of benzene rings is 9. The molecule has 4 heteroatoms. The topological polar surface area (TPSA) is 38.7 Å². The van der Waals surface area contributed by atoms with Crippen LogP contribution in [0.15, 0.2) is 176 Å². The summed E-state index contributed by atoms with van der Waals surface area (Å²) < 4.78 is 2.73. The van der Waals surface area contributed by atoms with Crippen molar-refractivity contribution in [1.82, 2.24) is 15.0 Å². The van der Waals surface area contributed by atoms with E-state index in [1.54, 1.807) is 0 Å². The minimum atomic E-state index is 0.171. The molecule has 0 N–H and O–H groups in total. The second-order valence-electron chi connectivity index (χ2n) is 13.6. The van der Waals surface area contributed by atoms with Gasteiger partial charge >= 0.3 is 226 Å². The standard InChI is InChI=1S/C49H29N3Se/c1-2-11-32(12-3-1)47-50-48(52-49(51-47)43-18-9-17-42-41-15-6-7-19-45(41)53-46(42)43)35-24-25-38-33(28-35)13-8-16-37(38)34-21-20-31-23-26-39-36-14-5-4-10-30(36)22-27-40(39)44(31)29-34/h1-29H. The first-order valence-corrected chi connectivity index (χ1v) is 19.6. The summed E-state index contributed by atoms with van der Waals surface area (Å²) in [5.41, 5.74) is 5.43. The second kappa shape index (κ2) is 12.1. The molecule has 0 aliphatic rings. The number of aromatic nitrogens is 3. The minimum absolute atomic E-state index is 0.171. The first-order valence-electron chi connectivity index (χ1n) is 17.9. The van der Waals surface area contributed by atoms with Crippen molar-refractivity contribution in [3.63, 3.8) is 0 Å². The maximum atomic E-state index is 5.20. The monoisotopic (exact) mass is 739 g/mol. The molecule has 0 saturated heterocycles. The fourth-order valence-electron chi connectivity index (χ4n) is 7.93. The summed E-state index contributed by atoms with van der Waals surface area (Å²) in [6.45, 7) is 0. The van der Waals surface area contributed by atoms with E-state index in [0.29, 0.717) is 17.5 Å². The van der Waals surface area contributed by atoms with Gasteiger partial charge in [0.2, 0.25) is 0 Å². The quantitative estimate of drug-likeness (QED) is 0.133. The Kier molecular flexibility index (Phi) is 6.88. The summed E-state index contributed by atoms with van der Waals surface area (Å²) >= 11 is 0.171. The Morgan fingerprint density at radius 3 is 1.79 bits per heavy atom. The number of hydrogen-bond acceptors (Lipinski definition) is 3. The van der Waals surface area contributed by atoms with E-state index in [1.165, 1.54) is 68.1 Å². The zero-order valence-corrected chi connectivity index (χ0v) is 30.2. The van der Waals surface area contributed by atoms with Gasteiger partial charge in [-0.3, -0.25) is 0 Å². The normalized spacial score (nSPS) is 11.8. The molecule has 0 spiro atoms. The van der Waals surface area contributed by atoms with Crippen LogP contribution in [0.2, 0.25) is 0 Å². The summed E-state index contributed by atoms with van der Waals surface area (Å²) in [4.78, 5) is 15.4. The van der Waals surface area contributed by atoms with Crippen molar-refractivity contribution < 1.29 is 0 Å². The molecule has 2 heterocycles. The van der Waals surface area contributed by atoms with Crippen LogP contribution >= 0.6 is 0 Å². The van der Waals surface area contributed by atoms with E-state index < -0.39 is 0 Å². The summed E-state index contributed by atoms with van der Waals surface area (Å²) in [7, 11) is 0. The van der Waals surface area contributed by atoms with E-state index >= 15 is 0 Å². The van der Waals surface area contributed by atoms with Crippen LogP contribution in [-0.4, -0.2) is 29.5 Å². The molecule has 0 unspecified atom stereocenters. The van der Waals surface area contributed by atoms with Gasteiger partial charge in [0.1, 0.15) is 0 Å². The van der Waals surface area contributed by atoms with Gasteiger partial charge in [0.25, 0.3) is 0 Å². The zero-order valence-electron chi connectivity index (χ0n) is 28.5. The van der Waals surface area contributed by atoms with Gasteiger partial charge in [-0.05, 0) is 32.3 Å². The first-order chi connectivity index (χ1) is 26.2. The summed E-state index contributed by atoms with van der Waals surface area (Å²) in [5, 5.41) is 12.6. The van der Waals surface area contributed by atoms with Gasteiger partial charge in [-0.1, -0.05) is 54.6 Å². The Balaban J connectivity index is 1.06. The number of rotatable bonds is 4.